The second-order valence-electron chi connectivity index (χ2n) is 7.40. The van der Waals surface area contributed by atoms with Crippen molar-refractivity contribution in [2.75, 3.05) is 26.3 Å². The molecule has 7 nitrogen and oxygen atoms in total. The van der Waals surface area contributed by atoms with Crippen LogP contribution in [0.5, 0.6) is 0 Å². The molecule has 4 rings (SSSR count). The van der Waals surface area contributed by atoms with Gasteiger partial charge in [-0.2, -0.15) is 12.7 Å². The number of aromatic amines is 1. The van der Waals surface area contributed by atoms with Crippen LogP contribution in [-0.4, -0.2) is 49.9 Å². The normalized spacial score (nSPS) is 19.8. The Morgan fingerprint density at radius 3 is 2.61 bits per heavy atom. The predicted molar refractivity (Wildman–Crippen MR) is 111 cm³/mol. The van der Waals surface area contributed by atoms with Gasteiger partial charge in [-0.3, -0.25) is 4.79 Å². The topological polar surface area (TPSA) is 91.5 Å². The van der Waals surface area contributed by atoms with E-state index < -0.39 is 16.1 Å². The maximum Gasteiger partial charge on any atom is 0.304 e. The number of rotatable bonds is 4. The van der Waals surface area contributed by atoms with Crippen molar-refractivity contribution >= 4 is 42.9 Å². The summed E-state index contributed by atoms with van der Waals surface area (Å²) in [6.45, 7) is 1.16. The van der Waals surface area contributed by atoms with Crippen LogP contribution in [0.15, 0.2) is 22.8 Å². The number of ether oxygens (including phenoxy) is 1. The minimum Gasteiger partial charge on any atom is -0.379 e. The smallest absolute Gasteiger partial charge is 0.304 e. The van der Waals surface area contributed by atoms with Crippen LogP contribution in [0, 0.1) is 0 Å². The maximum atomic E-state index is 12.6. The monoisotopic (exact) mass is 469 g/mol. The number of nitrogens with zero attached hydrogens (tertiary/aromatic N) is 1. The summed E-state index contributed by atoms with van der Waals surface area (Å²) in [5, 5.41) is 1.09. The number of aromatic nitrogens is 1. The molecule has 152 valence electrons. The highest BCUT2D eigenvalue weighted by atomic mass is 79.9. The van der Waals surface area contributed by atoms with Gasteiger partial charge in [-0.25, -0.2) is 4.72 Å². The lowest BCUT2D eigenvalue weighted by molar-refractivity contribution is 0.0719. The molecule has 2 aromatic rings. The molecule has 2 fully saturated rings. The van der Waals surface area contributed by atoms with Crippen molar-refractivity contribution in [3.63, 3.8) is 0 Å². The van der Waals surface area contributed by atoms with Crippen LogP contribution in [0.4, 0.5) is 0 Å². The van der Waals surface area contributed by atoms with E-state index in [-0.39, 0.29) is 13.1 Å². The number of amides is 1. The van der Waals surface area contributed by atoms with Crippen LogP contribution in [0.25, 0.3) is 10.9 Å². The van der Waals surface area contributed by atoms with Crippen molar-refractivity contribution < 1.29 is 17.9 Å². The summed E-state index contributed by atoms with van der Waals surface area (Å²) in [5.74, 6) is -0.114. The first-order chi connectivity index (χ1) is 13.5. The van der Waals surface area contributed by atoms with Crippen molar-refractivity contribution in [3.05, 3.63) is 33.9 Å². The van der Waals surface area contributed by atoms with Crippen LogP contribution < -0.4 is 4.72 Å². The van der Waals surface area contributed by atoms with Gasteiger partial charge in [0.25, 0.3) is 5.91 Å². The Hall–Kier alpha value is -1.42. The highest BCUT2D eigenvalue weighted by molar-refractivity contribution is 9.10. The van der Waals surface area contributed by atoms with Gasteiger partial charge in [-0.15, -0.1) is 0 Å². The first-order valence-electron chi connectivity index (χ1n) is 9.67. The molecule has 0 bridgehead atoms. The number of hydrogen-bond donors (Lipinski definition) is 2. The van der Waals surface area contributed by atoms with Crippen molar-refractivity contribution in [1.29, 1.82) is 0 Å². The highest BCUT2D eigenvalue weighted by Gasteiger charge is 2.27. The number of carbonyl (C=O) groups is 1. The van der Waals surface area contributed by atoms with Gasteiger partial charge in [-0.05, 0) is 52.4 Å². The first-order valence-corrected chi connectivity index (χ1v) is 11.9. The van der Waals surface area contributed by atoms with E-state index in [4.69, 9.17) is 4.74 Å². The van der Waals surface area contributed by atoms with E-state index >= 15 is 0 Å². The first kappa shape index (κ1) is 19.9. The minimum atomic E-state index is -3.87. The van der Waals surface area contributed by atoms with E-state index in [1.807, 2.05) is 6.07 Å². The van der Waals surface area contributed by atoms with E-state index in [9.17, 15) is 13.2 Å². The molecule has 1 aliphatic carbocycles. The van der Waals surface area contributed by atoms with Gasteiger partial charge in [0.1, 0.15) is 0 Å². The number of hydrogen-bond acceptors (Lipinski definition) is 4. The molecule has 0 spiro atoms. The molecule has 0 unspecified atom stereocenters. The lowest BCUT2D eigenvalue weighted by Gasteiger charge is -2.25. The molecule has 0 atom stereocenters. The molecule has 2 heterocycles. The van der Waals surface area contributed by atoms with Gasteiger partial charge in [0.05, 0.1) is 17.8 Å². The molecule has 1 saturated heterocycles. The van der Waals surface area contributed by atoms with Gasteiger partial charge in [0.15, 0.2) is 0 Å². The van der Waals surface area contributed by atoms with Gasteiger partial charge in [0.2, 0.25) is 0 Å². The summed E-state index contributed by atoms with van der Waals surface area (Å²) in [6.07, 6.45) is 6.11. The van der Waals surface area contributed by atoms with Gasteiger partial charge >= 0.3 is 10.2 Å². The second-order valence-corrected chi connectivity index (χ2v) is 9.86. The van der Waals surface area contributed by atoms with Gasteiger partial charge in [-0.1, -0.05) is 25.3 Å². The maximum absolute atomic E-state index is 12.6. The summed E-state index contributed by atoms with van der Waals surface area (Å²) in [7, 11) is -3.87. The molecule has 1 aliphatic heterocycles. The third kappa shape index (κ3) is 3.98. The Balaban J connectivity index is 1.57. The molecule has 1 aromatic carbocycles. The fourth-order valence-electron chi connectivity index (χ4n) is 4.15. The molecular formula is C19H24BrN3O4S. The Bertz CT molecular complexity index is 976. The number of morpholine rings is 1. The molecule has 2 N–H and O–H groups in total. The zero-order chi connectivity index (χ0) is 19.7. The lowest BCUT2D eigenvalue weighted by atomic mass is 9.84. The number of benzene rings is 1. The summed E-state index contributed by atoms with van der Waals surface area (Å²) < 4.78 is 34.4. The summed E-state index contributed by atoms with van der Waals surface area (Å²) in [6, 6.07) is 5.33. The lowest BCUT2D eigenvalue weighted by Crippen LogP contribution is -2.48. The molecule has 1 saturated carbocycles. The van der Waals surface area contributed by atoms with Crippen molar-refractivity contribution in [2.24, 2.45) is 0 Å². The Morgan fingerprint density at radius 2 is 1.89 bits per heavy atom. The van der Waals surface area contributed by atoms with E-state index in [0.29, 0.717) is 24.7 Å². The zero-order valence-electron chi connectivity index (χ0n) is 15.5. The average molecular weight is 470 g/mol. The fraction of sp³-hybridized carbons (Fsp3) is 0.526. The number of H-pyrrole nitrogens is 1. The number of fused-ring (bicyclic) bond motifs is 1. The Labute approximate surface area is 173 Å². The predicted octanol–water partition coefficient (Wildman–Crippen LogP) is 3.28. The molecule has 1 amide bonds. The van der Waals surface area contributed by atoms with Crippen molar-refractivity contribution in [2.45, 2.75) is 38.0 Å². The zero-order valence-corrected chi connectivity index (χ0v) is 17.9. The summed E-state index contributed by atoms with van der Waals surface area (Å²) in [4.78, 5) is 15.9. The second kappa shape index (κ2) is 8.14. The van der Waals surface area contributed by atoms with E-state index in [1.54, 1.807) is 12.1 Å². The van der Waals surface area contributed by atoms with E-state index in [2.05, 4.69) is 25.6 Å². The molecule has 2 aliphatic rings. The van der Waals surface area contributed by atoms with E-state index in [0.717, 1.165) is 15.5 Å². The third-order valence-electron chi connectivity index (χ3n) is 5.60. The molecule has 9 heteroatoms. The van der Waals surface area contributed by atoms with Crippen LogP contribution in [0.1, 0.15) is 53.9 Å². The van der Waals surface area contributed by atoms with Crippen LogP contribution in [0.2, 0.25) is 0 Å². The average Bonchev–Trinajstić information content (AvgIpc) is 3.04. The molecule has 1 aromatic heterocycles. The summed E-state index contributed by atoms with van der Waals surface area (Å²) in [5.41, 5.74) is 2.42. The Morgan fingerprint density at radius 1 is 1.18 bits per heavy atom. The van der Waals surface area contributed by atoms with Crippen LogP contribution in [-0.2, 0) is 14.9 Å². The number of carbonyl (C=O) groups excluding carboxylic acids is 1. The Kier molecular flexibility index (Phi) is 5.78. The van der Waals surface area contributed by atoms with Crippen molar-refractivity contribution in [3.8, 4) is 0 Å². The quantitative estimate of drug-likeness (QED) is 0.718. The van der Waals surface area contributed by atoms with Gasteiger partial charge in [0, 0.05) is 29.6 Å². The summed E-state index contributed by atoms with van der Waals surface area (Å²) >= 11 is 3.64. The largest absolute Gasteiger partial charge is 0.379 e. The van der Waals surface area contributed by atoms with Crippen molar-refractivity contribution in [1.82, 2.24) is 14.0 Å². The number of nitrogens with one attached hydrogen (secondary N) is 2. The van der Waals surface area contributed by atoms with Crippen LogP contribution in [0.3, 0.4) is 0 Å². The third-order valence-corrected chi connectivity index (χ3v) is 7.71. The molecule has 28 heavy (non-hydrogen) atoms. The highest BCUT2D eigenvalue weighted by Crippen LogP contribution is 2.40. The standard InChI is InChI=1S/C19H24BrN3O4S/c20-18-17(13-4-2-1-3-5-13)15-7-6-14(12-16(15)21-18)19(24)22-28(25,26)23-8-10-27-11-9-23/h6-7,12-13,21H,1-5,8-11H2,(H,22,24). The number of halogens is 1. The SMILES string of the molecule is O=C(NS(=O)(=O)N1CCOCC1)c1ccc2c(C3CCCCC3)c(Br)[nH]c2c1. The molecule has 0 radical (unpaired) electrons. The van der Waals surface area contributed by atoms with Crippen LogP contribution >= 0.6 is 15.9 Å². The van der Waals surface area contributed by atoms with E-state index in [1.165, 1.54) is 42.0 Å². The van der Waals surface area contributed by atoms with Gasteiger partial charge < -0.3 is 9.72 Å². The minimum absolute atomic E-state index is 0.246. The fourth-order valence-corrected chi connectivity index (χ4v) is 6.01. The molecular weight excluding hydrogens is 446 g/mol.